The molecule has 0 fully saturated rings. The third kappa shape index (κ3) is 2.43. The van der Waals surface area contributed by atoms with Gasteiger partial charge in [-0.05, 0) is 48.5 Å². The molecule has 2 nitrogen and oxygen atoms in total. The van der Waals surface area contributed by atoms with E-state index in [1.807, 2.05) is 48.5 Å². The van der Waals surface area contributed by atoms with Crippen LogP contribution in [0.2, 0.25) is 0 Å². The normalized spacial score (nSPS) is 18.9. The zero-order chi connectivity index (χ0) is 15.8. The maximum Gasteiger partial charge on any atom is 0.221 e. The van der Waals surface area contributed by atoms with Gasteiger partial charge in [0.05, 0.1) is 7.11 Å². The summed E-state index contributed by atoms with van der Waals surface area (Å²) in [6, 6.07) is 24.3. The first-order valence-corrected chi connectivity index (χ1v) is 9.65. The molecule has 0 saturated carbocycles. The minimum atomic E-state index is -1.11. The Labute approximate surface area is 141 Å². The second kappa shape index (κ2) is 5.96. The summed E-state index contributed by atoms with van der Waals surface area (Å²) in [5.74, 6) is 0.847. The number of ether oxygens (including phenoxy) is 1. The summed E-state index contributed by atoms with van der Waals surface area (Å²) in [6.45, 7) is 0. The van der Waals surface area contributed by atoms with Gasteiger partial charge in [0, 0.05) is 11.2 Å². The molecule has 4 heteroatoms. The van der Waals surface area contributed by atoms with Crippen LogP contribution in [0.3, 0.4) is 0 Å². The van der Waals surface area contributed by atoms with E-state index in [9.17, 15) is 4.55 Å². The van der Waals surface area contributed by atoms with Crippen LogP contribution >= 0.6 is 0 Å². The van der Waals surface area contributed by atoms with Gasteiger partial charge in [-0.25, -0.2) is 0 Å². The standard InChI is InChI=1S/C19H15O2S2/c1-21-14-10-12-15(13-11-14)22-16-6-2-4-8-18(16)23(20)19-9-5-3-7-17(19)22/h2-13H,1H3/q+1. The molecule has 0 radical (unpaired) electrons. The number of benzene rings is 3. The fourth-order valence-corrected chi connectivity index (χ4v) is 6.96. The van der Waals surface area contributed by atoms with Crippen LogP contribution in [0.15, 0.2) is 97.3 Å². The third-order valence-electron chi connectivity index (χ3n) is 3.83. The van der Waals surface area contributed by atoms with E-state index < -0.39 is 11.2 Å². The van der Waals surface area contributed by atoms with Crippen molar-refractivity contribution in [3.8, 4) is 5.75 Å². The molecule has 0 bridgehead atoms. The van der Waals surface area contributed by atoms with Crippen molar-refractivity contribution in [3.05, 3.63) is 72.8 Å². The molecule has 0 saturated heterocycles. The van der Waals surface area contributed by atoms with Gasteiger partial charge in [0.2, 0.25) is 19.6 Å². The molecule has 3 aromatic rings. The number of rotatable bonds is 2. The summed E-state index contributed by atoms with van der Waals surface area (Å²) in [5.41, 5.74) is 0. The lowest BCUT2D eigenvalue weighted by Gasteiger charge is -2.20. The van der Waals surface area contributed by atoms with Gasteiger partial charge in [0.15, 0.2) is 4.90 Å². The molecule has 0 N–H and O–H groups in total. The van der Waals surface area contributed by atoms with Crippen molar-refractivity contribution in [1.29, 1.82) is 0 Å². The third-order valence-corrected chi connectivity index (χ3v) is 7.94. The van der Waals surface area contributed by atoms with Crippen LogP contribution in [0.5, 0.6) is 5.75 Å². The molecule has 1 heterocycles. The van der Waals surface area contributed by atoms with E-state index in [0.29, 0.717) is 0 Å². The zero-order valence-corrected chi connectivity index (χ0v) is 14.2. The van der Waals surface area contributed by atoms with E-state index in [4.69, 9.17) is 4.74 Å². The molecule has 0 amide bonds. The van der Waals surface area contributed by atoms with Crippen LogP contribution in [0.4, 0.5) is 0 Å². The van der Waals surface area contributed by atoms with Gasteiger partial charge in [0.1, 0.15) is 16.6 Å². The lowest BCUT2D eigenvalue weighted by Crippen LogP contribution is -2.20. The highest BCUT2D eigenvalue weighted by atomic mass is 32.2. The Morgan fingerprint density at radius 3 is 1.65 bits per heavy atom. The largest absolute Gasteiger partial charge is 0.606 e. The Kier molecular flexibility index (Phi) is 3.81. The van der Waals surface area contributed by atoms with E-state index in [0.717, 1.165) is 25.3 Å². The number of hydrogen-bond donors (Lipinski definition) is 0. The van der Waals surface area contributed by atoms with E-state index in [1.165, 1.54) is 4.90 Å². The summed E-state index contributed by atoms with van der Waals surface area (Å²) in [7, 11) is 1.43. The molecule has 0 aliphatic carbocycles. The molecule has 1 aliphatic rings. The molecular weight excluding hydrogens is 324 g/mol. The molecule has 23 heavy (non-hydrogen) atoms. The van der Waals surface area contributed by atoms with Crippen LogP contribution in [0.1, 0.15) is 0 Å². The Morgan fingerprint density at radius 2 is 1.17 bits per heavy atom. The first kappa shape index (κ1) is 14.7. The van der Waals surface area contributed by atoms with Crippen LogP contribution in [-0.4, -0.2) is 11.7 Å². The fourth-order valence-electron chi connectivity index (χ4n) is 2.75. The Hall–Kier alpha value is -1.88. The van der Waals surface area contributed by atoms with Gasteiger partial charge in [-0.3, -0.25) is 0 Å². The first-order valence-electron chi connectivity index (χ1n) is 7.28. The van der Waals surface area contributed by atoms with Crippen molar-refractivity contribution >= 4 is 22.1 Å². The van der Waals surface area contributed by atoms with Crippen molar-refractivity contribution in [1.82, 2.24) is 0 Å². The van der Waals surface area contributed by atoms with E-state index in [-0.39, 0.29) is 10.9 Å². The van der Waals surface area contributed by atoms with Gasteiger partial charge in [0.25, 0.3) is 0 Å². The predicted octanol–water partition coefficient (Wildman–Crippen LogP) is 4.27. The van der Waals surface area contributed by atoms with Crippen molar-refractivity contribution in [3.63, 3.8) is 0 Å². The Morgan fingerprint density at radius 1 is 0.696 bits per heavy atom. The summed E-state index contributed by atoms with van der Waals surface area (Å²) in [6.07, 6.45) is 0. The van der Waals surface area contributed by atoms with Crippen LogP contribution in [0.25, 0.3) is 0 Å². The molecule has 0 unspecified atom stereocenters. The zero-order valence-electron chi connectivity index (χ0n) is 12.6. The van der Waals surface area contributed by atoms with Gasteiger partial charge in [-0.1, -0.05) is 24.3 Å². The highest BCUT2D eigenvalue weighted by Gasteiger charge is 2.45. The average molecular weight is 339 g/mol. The molecule has 3 aromatic carbocycles. The second-order valence-electron chi connectivity index (χ2n) is 5.14. The minimum Gasteiger partial charge on any atom is -0.606 e. The van der Waals surface area contributed by atoms with Crippen molar-refractivity contribution in [2.45, 2.75) is 24.5 Å². The Balaban J connectivity index is 1.93. The maximum absolute atomic E-state index is 12.9. The summed E-state index contributed by atoms with van der Waals surface area (Å²) in [4.78, 5) is 5.35. The fraction of sp³-hybridized carbons (Fsp3) is 0.0526. The van der Waals surface area contributed by atoms with Crippen molar-refractivity contribution < 1.29 is 9.29 Å². The van der Waals surface area contributed by atoms with Crippen LogP contribution < -0.4 is 4.74 Å². The lowest BCUT2D eigenvalue weighted by molar-refractivity contribution is 0.414. The van der Waals surface area contributed by atoms with Crippen molar-refractivity contribution in [2.24, 2.45) is 0 Å². The van der Waals surface area contributed by atoms with Crippen molar-refractivity contribution in [2.75, 3.05) is 7.11 Å². The number of fused-ring (bicyclic) bond motifs is 2. The van der Waals surface area contributed by atoms with Gasteiger partial charge >= 0.3 is 0 Å². The van der Waals surface area contributed by atoms with Crippen LogP contribution in [0, 0.1) is 0 Å². The quantitative estimate of drug-likeness (QED) is 0.653. The topological polar surface area (TPSA) is 32.3 Å². The predicted molar refractivity (Wildman–Crippen MR) is 92.7 cm³/mol. The van der Waals surface area contributed by atoms with Crippen LogP contribution in [-0.2, 0) is 22.1 Å². The molecular formula is C19H15O2S2+. The number of methoxy groups -OCH3 is 1. The maximum atomic E-state index is 12.9. The molecule has 1 aliphatic heterocycles. The summed E-state index contributed by atoms with van der Waals surface area (Å²) in [5, 5.41) is 0. The minimum absolute atomic E-state index is 0.237. The van der Waals surface area contributed by atoms with Gasteiger partial charge < -0.3 is 9.29 Å². The van der Waals surface area contributed by atoms with E-state index >= 15 is 0 Å². The Bertz CT molecular complexity index is 798. The summed E-state index contributed by atoms with van der Waals surface area (Å²) < 4.78 is 18.1. The van der Waals surface area contributed by atoms with Gasteiger partial charge in [-0.15, -0.1) is 0 Å². The first-order chi connectivity index (χ1) is 11.3. The smallest absolute Gasteiger partial charge is 0.221 e. The average Bonchev–Trinajstić information content (AvgIpc) is 2.63. The molecule has 0 spiro atoms. The summed E-state index contributed by atoms with van der Waals surface area (Å²) >= 11 is -1.11. The van der Waals surface area contributed by atoms with Gasteiger partial charge in [-0.2, -0.15) is 0 Å². The second-order valence-corrected chi connectivity index (χ2v) is 8.52. The highest BCUT2D eigenvalue weighted by Crippen LogP contribution is 2.44. The molecule has 0 atom stereocenters. The molecule has 4 rings (SSSR count). The molecule has 0 aromatic heterocycles. The van der Waals surface area contributed by atoms with E-state index in [1.54, 1.807) is 7.11 Å². The van der Waals surface area contributed by atoms with E-state index in [2.05, 4.69) is 24.3 Å². The highest BCUT2D eigenvalue weighted by molar-refractivity contribution is 8.00. The molecule has 114 valence electrons. The number of hydrogen-bond acceptors (Lipinski definition) is 2. The SMILES string of the molecule is COc1ccc([S+]2c3ccccc3[S+]([O-])c3ccccc32)cc1. The monoisotopic (exact) mass is 339 g/mol. The lowest BCUT2D eigenvalue weighted by atomic mass is 10.3.